The summed E-state index contributed by atoms with van der Waals surface area (Å²) in [6.45, 7) is 4.23. The largest absolute Gasteiger partial charge is 0.465 e. The van der Waals surface area contributed by atoms with Crippen molar-refractivity contribution in [2.75, 3.05) is 7.11 Å². The quantitative estimate of drug-likeness (QED) is 0.749. The fourth-order valence-electron chi connectivity index (χ4n) is 2.62. The van der Waals surface area contributed by atoms with Crippen molar-refractivity contribution in [3.05, 3.63) is 42.0 Å². The Kier molecular flexibility index (Phi) is 4.19. The summed E-state index contributed by atoms with van der Waals surface area (Å²) in [4.78, 5) is 11.4. The van der Waals surface area contributed by atoms with Crippen LogP contribution in [0.2, 0.25) is 0 Å². The first-order valence-corrected chi connectivity index (χ1v) is 6.60. The molecule has 0 radical (unpaired) electrons. The molecule has 0 atom stereocenters. The van der Waals surface area contributed by atoms with Crippen LogP contribution in [0.5, 0.6) is 0 Å². The predicted molar refractivity (Wildman–Crippen MR) is 73.4 cm³/mol. The van der Waals surface area contributed by atoms with E-state index < -0.39 is 0 Å². The Morgan fingerprint density at radius 1 is 1.11 bits per heavy atom. The average molecular weight is 244 g/mol. The van der Waals surface area contributed by atoms with Gasteiger partial charge in [0, 0.05) is 0 Å². The van der Waals surface area contributed by atoms with Gasteiger partial charge in [-0.05, 0) is 42.0 Å². The molecule has 0 saturated heterocycles. The van der Waals surface area contributed by atoms with Gasteiger partial charge in [-0.1, -0.05) is 38.0 Å². The van der Waals surface area contributed by atoms with E-state index in [-0.39, 0.29) is 5.97 Å². The molecular formula is C16H20O2. The van der Waals surface area contributed by atoms with Crippen molar-refractivity contribution >= 4 is 11.5 Å². The molecule has 1 aliphatic carbocycles. The minimum absolute atomic E-state index is 0.287. The van der Waals surface area contributed by atoms with Gasteiger partial charge in [-0.15, -0.1) is 0 Å². The van der Waals surface area contributed by atoms with E-state index >= 15 is 0 Å². The van der Waals surface area contributed by atoms with Gasteiger partial charge in [0.15, 0.2) is 0 Å². The van der Waals surface area contributed by atoms with E-state index in [0.717, 1.165) is 5.56 Å². The fraction of sp³-hybridized carbons (Fsp3) is 0.438. The molecule has 2 nitrogen and oxygen atoms in total. The third kappa shape index (κ3) is 2.81. The van der Waals surface area contributed by atoms with Gasteiger partial charge in [0.05, 0.1) is 12.7 Å². The van der Waals surface area contributed by atoms with E-state index in [2.05, 4.69) is 6.58 Å². The monoisotopic (exact) mass is 244 g/mol. The highest BCUT2D eigenvalue weighted by atomic mass is 16.5. The summed E-state index contributed by atoms with van der Waals surface area (Å²) in [6.07, 6.45) is 6.47. The second-order valence-corrected chi connectivity index (χ2v) is 4.93. The van der Waals surface area contributed by atoms with Crippen molar-refractivity contribution < 1.29 is 9.53 Å². The molecule has 0 amide bonds. The maximum absolute atomic E-state index is 11.4. The smallest absolute Gasteiger partial charge is 0.337 e. The lowest BCUT2D eigenvalue weighted by Crippen LogP contribution is -2.08. The van der Waals surface area contributed by atoms with Gasteiger partial charge in [0.25, 0.3) is 0 Å². The average Bonchev–Trinajstić information content (AvgIpc) is 2.47. The molecule has 1 aliphatic rings. The van der Waals surface area contributed by atoms with E-state index in [4.69, 9.17) is 4.74 Å². The number of carbonyl (C=O) groups excluding carboxylic acids is 1. The summed E-state index contributed by atoms with van der Waals surface area (Å²) in [7, 11) is 1.40. The van der Waals surface area contributed by atoms with E-state index in [0.29, 0.717) is 11.5 Å². The number of carbonyl (C=O) groups is 1. The lowest BCUT2D eigenvalue weighted by atomic mass is 9.81. The first kappa shape index (κ1) is 12.9. The molecular weight excluding hydrogens is 224 g/mol. The van der Waals surface area contributed by atoms with Crippen LogP contribution in [0.25, 0.3) is 5.57 Å². The van der Waals surface area contributed by atoms with Crippen molar-refractivity contribution in [2.45, 2.75) is 32.1 Å². The van der Waals surface area contributed by atoms with Crippen LogP contribution in [-0.4, -0.2) is 13.1 Å². The number of ether oxygens (including phenoxy) is 1. The molecule has 0 aromatic heterocycles. The van der Waals surface area contributed by atoms with Crippen LogP contribution in [0.15, 0.2) is 30.8 Å². The highest BCUT2D eigenvalue weighted by Crippen LogP contribution is 2.34. The second-order valence-electron chi connectivity index (χ2n) is 4.93. The van der Waals surface area contributed by atoms with Crippen molar-refractivity contribution in [3.63, 3.8) is 0 Å². The van der Waals surface area contributed by atoms with Crippen LogP contribution in [0.4, 0.5) is 0 Å². The number of esters is 1. The SMILES string of the molecule is C=C(c1ccc(C(=O)OC)cc1)C1CCCCC1. The Labute approximate surface area is 109 Å². The third-order valence-corrected chi connectivity index (χ3v) is 3.77. The Bertz CT molecular complexity index is 425. The summed E-state index contributed by atoms with van der Waals surface area (Å²) in [5.41, 5.74) is 2.96. The number of hydrogen-bond donors (Lipinski definition) is 0. The molecule has 0 aliphatic heterocycles. The highest BCUT2D eigenvalue weighted by Gasteiger charge is 2.17. The molecule has 2 rings (SSSR count). The number of allylic oxidation sites excluding steroid dienone is 1. The predicted octanol–water partition coefficient (Wildman–Crippen LogP) is 4.07. The number of methoxy groups -OCH3 is 1. The summed E-state index contributed by atoms with van der Waals surface area (Å²) in [5.74, 6) is 0.326. The van der Waals surface area contributed by atoms with Crippen LogP contribution in [-0.2, 0) is 4.74 Å². The molecule has 0 unspecified atom stereocenters. The molecule has 18 heavy (non-hydrogen) atoms. The fourth-order valence-corrected chi connectivity index (χ4v) is 2.62. The van der Waals surface area contributed by atoms with Gasteiger partial charge in [0.2, 0.25) is 0 Å². The molecule has 96 valence electrons. The minimum atomic E-state index is -0.287. The standard InChI is InChI=1S/C16H20O2/c1-12(13-6-4-3-5-7-13)14-8-10-15(11-9-14)16(17)18-2/h8-11,13H,1,3-7H2,2H3. The maximum atomic E-state index is 11.4. The molecule has 0 N–H and O–H groups in total. The zero-order chi connectivity index (χ0) is 13.0. The van der Waals surface area contributed by atoms with E-state index in [9.17, 15) is 4.79 Å². The van der Waals surface area contributed by atoms with E-state index in [1.807, 2.05) is 24.3 Å². The van der Waals surface area contributed by atoms with Gasteiger partial charge < -0.3 is 4.74 Å². The third-order valence-electron chi connectivity index (χ3n) is 3.77. The topological polar surface area (TPSA) is 26.3 Å². The molecule has 1 aromatic rings. The Morgan fingerprint density at radius 3 is 2.22 bits per heavy atom. The molecule has 0 heterocycles. The zero-order valence-corrected chi connectivity index (χ0v) is 10.9. The molecule has 0 bridgehead atoms. The molecule has 1 saturated carbocycles. The van der Waals surface area contributed by atoms with Crippen LogP contribution in [0, 0.1) is 5.92 Å². The van der Waals surface area contributed by atoms with Crippen molar-refractivity contribution in [3.8, 4) is 0 Å². The zero-order valence-electron chi connectivity index (χ0n) is 10.9. The molecule has 1 aromatic carbocycles. The van der Waals surface area contributed by atoms with Gasteiger partial charge in [-0.25, -0.2) is 4.79 Å². The second kappa shape index (κ2) is 5.85. The maximum Gasteiger partial charge on any atom is 0.337 e. The van der Waals surface area contributed by atoms with Gasteiger partial charge in [-0.2, -0.15) is 0 Å². The van der Waals surface area contributed by atoms with Crippen molar-refractivity contribution in [2.24, 2.45) is 5.92 Å². The van der Waals surface area contributed by atoms with E-state index in [1.165, 1.54) is 44.8 Å². The number of rotatable bonds is 3. The molecule has 2 heteroatoms. The molecule has 0 spiro atoms. The molecule has 1 fully saturated rings. The van der Waals surface area contributed by atoms with Crippen LogP contribution in [0.1, 0.15) is 48.0 Å². The summed E-state index contributed by atoms with van der Waals surface area (Å²) >= 11 is 0. The Morgan fingerprint density at radius 2 is 1.67 bits per heavy atom. The van der Waals surface area contributed by atoms with Gasteiger partial charge >= 0.3 is 5.97 Å². The summed E-state index contributed by atoms with van der Waals surface area (Å²) in [5, 5.41) is 0. The Balaban J connectivity index is 2.08. The summed E-state index contributed by atoms with van der Waals surface area (Å²) in [6, 6.07) is 7.58. The summed E-state index contributed by atoms with van der Waals surface area (Å²) < 4.78 is 4.69. The minimum Gasteiger partial charge on any atom is -0.465 e. The lowest BCUT2D eigenvalue weighted by Gasteiger charge is -2.24. The number of benzene rings is 1. The first-order chi connectivity index (χ1) is 8.72. The van der Waals surface area contributed by atoms with Crippen LogP contribution >= 0.6 is 0 Å². The number of hydrogen-bond acceptors (Lipinski definition) is 2. The van der Waals surface area contributed by atoms with E-state index in [1.54, 1.807) is 0 Å². The Hall–Kier alpha value is -1.57. The lowest BCUT2D eigenvalue weighted by molar-refractivity contribution is 0.0601. The van der Waals surface area contributed by atoms with Gasteiger partial charge in [0.1, 0.15) is 0 Å². The van der Waals surface area contributed by atoms with Crippen molar-refractivity contribution in [1.29, 1.82) is 0 Å². The first-order valence-electron chi connectivity index (χ1n) is 6.60. The van der Waals surface area contributed by atoms with Gasteiger partial charge in [-0.3, -0.25) is 0 Å². The highest BCUT2D eigenvalue weighted by molar-refractivity contribution is 5.89. The normalized spacial score (nSPS) is 16.3. The van der Waals surface area contributed by atoms with Crippen LogP contribution < -0.4 is 0 Å². The van der Waals surface area contributed by atoms with Crippen LogP contribution in [0.3, 0.4) is 0 Å². The van der Waals surface area contributed by atoms with Crippen molar-refractivity contribution in [1.82, 2.24) is 0 Å².